The molecule has 0 bridgehead atoms. The number of rotatable bonds is 3. The van der Waals surface area contributed by atoms with Gasteiger partial charge in [0.2, 0.25) is 6.79 Å². The fourth-order valence-corrected chi connectivity index (χ4v) is 3.73. The number of amides is 1. The topological polar surface area (TPSA) is 139 Å². The number of ether oxygens (including phenoxy) is 2. The molecule has 0 atom stereocenters. The lowest BCUT2D eigenvalue weighted by Crippen LogP contribution is -2.13. The van der Waals surface area contributed by atoms with Crippen LogP contribution in [0.2, 0.25) is 0 Å². The number of nitro benzene ring substituents is 2. The Hall–Kier alpha value is -3.80. The average molecular weight is 402 g/mol. The summed E-state index contributed by atoms with van der Waals surface area (Å²) in [4.78, 5) is 37.2. The first-order valence-corrected chi connectivity index (χ1v) is 8.57. The molecule has 28 heavy (non-hydrogen) atoms. The van der Waals surface area contributed by atoms with Gasteiger partial charge in [-0.3, -0.25) is 25.0 Å². The molecule has 0 spiro atoms. The molecule has 0 N–H and O–H groups in total. The van der Waals surface area contributed by atoms with E-state index < -0.39 is 27.1 Å². The van der Waals surface area contributed by atoms with Crippen molar-refractivity contribution in [3.05, 3.63) is 60.9 Å². The number of benzene rings is 2. The van der Waals surface area contributed by atoms with Crippen LogP contribution in [-0.4, -0.2) is 27.1 Å². The van der Waals surface area contributed by atoms with Crippen LogP contribution in [-0.2, 0) is 7.05 Å². The number of hydrogen-bond donors (Lipinski definition) is 0. The number of aromatic nitrogens is 1. The molecule has 3 aromatic rings. The lowest BCUT2D eigenvalue weighted by atomic mass is 10.1. The highest BCUT2D eigenvalue weighted by molar-refractivity contribution is 7.16. The summed E-state index contributed by atoms with van der Waals surface area (Å²) >= 11 is 1.21. The first-order chi connectivity index (χ1) is 13.3. The molecule has 0 radical (unpaired) electrons. The molecule has 12 heteroatoms. The summed E-state index contributed by atoms with van der Waals surface area (Å²) in [6.07, 6.45) is 0. The van der Waals surface area contributed by atoms with Crippen LogP contribution < -0.4 is 14.3 Å². The van der Waals surface area contributed by atoms with Gasteiger partial charge >= 0.3 is 0 Å². The zero-order valence-corrected chi connectivity index (χ0v) is 15.0. The molecule has 2 heterocycles. The smallest absolute Gasteiger partial charge is 0.280 e. The molecular weight excluding hydrogens is 392 g/mol. The van der Waals surface area contributed by atoms with E-state index in [-0.39, 0.29) is 12.4 Å². The van der Waals surface area contributed by atoms with Crippen molar-refractivity contribution in [2.24, 2.45) is 12.0 Å². The minimum absolute atomic E-state index is 0.137. The van der Waals surface area contributed by atoms with Crippen LogP contribution in [0.1, 0.15) is 10.4 Å². The second kappa shape index (κ2) is 6.42. The normalized spacial score (nSPS) is 13.1. The van der Waals surface area contributed by atoms with Crippen LogP contribution in [0, 0.1) is 20.2 Å². The van der Waals surface area contributed by atoms with Gasteiger partial charge in [0.05, 0.1) is 31.7 Å². The summed E-state index contributed by atoms with van der Waals surface area (Å²) in [5, 5.41) is 22.0. The molecule has 1 amide bonds. The highest BCUT2D eigenvalue weighted by atomic mass is 32.1. The number of nitro groups is 2. The predicted molar refractivity (Wildman–Crippen MR) is 96.6 cm³/mol. The molecule has 1 aliphatic rings. The fourth-order valence-electron chi connectivity index (χ4n) is 2.71. The molecule has 0 aliphatic carbocycles. The standard InChI is InChI=1S/C16H10N4O7S/c1-18-11-5-12-13(27-7-26-12)6-14(11)28-16(18)17-15(21)8-2-9(19(22)23)4-10(3-8)20(24)25/h2-6H,7H2,1H3. The lowest BCUT2D eigenvalue weighted by Gasteiger charge is -1.99. The van der Waals surface area contributed by atoms with Gasteiger partial charge in [-0.2, -0.15) is 4.99 Å². The summed E-state index contributed by atoms with van der Waals surface area (Å²) in [7, 11) is 1.70. The minimum atomic E-state index is -0.825. The molecule has 0 saturated carbocycles. The zero-order chi connectivity index (χ0) is 20.0. The number of fused-ring (bicyclic) bond motifs is 2. The van der Waals surface area contributed by atoms with Crippen LogP contribution in [0.15, 0.2) is 35.3 Å². The minimum Gasteiger partial charge on any atom is -0.454 e. The Bertz CT molecular complexity index is 1210. The largest absolute Gasteiger partial charge is 0.454 e. The number of aryl methyl sites for hydroxylation is 1. The average Bonchev–Trinajstić information content (AvgIpc) is 3.23. The van der Waals surface area contributed by atoms with Crippen molar-refractivity contribution in [2.75, 3.05) is 6.79 Å². The van der Waals surface area contributed by atoms with E-state index in [0.717, 1.165) is 28.4 Å². The third kappa shape index (κ3) is 2.95. The molecule has 1 aliphatic heterocycles. The summed E-state index contributed by atoms with van der Waals surface area (Å²) in [5.74, 6) is 0.337. The van der Waals surface area contributed by atoms with Crippen molar-refractivity contribution in [1.82, 2.24) is 4.57 Å². The Morgan fingerprint density at radius 1 is 1.07 bits per heavy atom. The van der Waals surface area contributed by atoms with Crippen molar-refractivity contribution in [3.8, 4) is 11.5 Å². The maximum Gasteiger partial charge on any atom is 0.280 e. The first kappa shape index (κ1) is 17.6. The Labute approximate surface area is 159 Å². The van der Waals surface area contributed by atoms with E-state index >= 15 is 0 Å². The quantitative estimate of drug-likeness (QED) is 0.484. The highest BCUT2D eigenvalue weighted by Gasteiger charge is 2.21. The maximum absolute atomic E-state index is 12.5. The molecule has 1 aromatic heterocycles. The second-order valence-corrected chi connectivity index (χ2v) is 6.80. The lowest BCUT2D eigenvalue weighted by molar-refractivity contribution is -0.394. The van der Waals surface area contributed by atoms with Gasteiger partial charge in [0, 0.05) is 31.3 Å². The number of non-ortho nitro benzene ring substituents is 2. The number of carbonyl (C=O) groups excluding carboxylic acids is 1. The van der Waals surface area contributed by atoms with Crippen molar-refractivity contribution in [2.45, 2.75) is 0 Å². The van der Waals surface area contributed by atoms with Crippen LogP contribution in [0.25, 0.3) is 10.2 Å². The molecular formula is C16H10N4O7S. The van der Waals surface area contributed by atoms with E-state index in [1.54, 1.807) is 23.7 Å². The van der Waals surface area contributed by atoms with E-state index in [4.69, 9.17) is 9.47 Å². The molecule has 11 nitrogen and oxygen atoms in total. The molecule has 4 rings (SSSR count). The van der Waals surface area contributed by atoms with Crippen LogP contribution >= 0.6 is 11.3 Å². The third-order valence-corrected chi connectivity index (χ3v) is 5.17. The summed E-state index contributed by atoms with van der Waals surface area (Å²) in [5.41, 5.74) is -0.600. The van der Waals surface area contributed by atoms with Gasteiger partial charge < -0.3 is 14.0 Å². The fraction of sp³-hybridized carbons (Fsp3) is 0.125. The number of nitrogens with zero attached hydrogens (tertiary/aromatic N) is 4. The number of hydrogen-bond acceptors (Lipinski definition) is 8. The van der Waals surface area contributed by atoms with Crippen LogP contribution in [0.3, 0.4) is 0 Å². The molecule has 0 saturated heterocycles. The van der Waals surface area contributed by atoms with Crippen molar-refractivity contribution in [1.29, 1.82) is 0 Å². The summed E-state index contributed by atoms with van der Waals surface area (Å²) in [6, 6.07) is 6.24. The van der Waals surface area contributed by atoms with Crippen molar-refractivity contribution >= 4 is 38.8 Å². The first-order valence-electron chi connectivity index (χ1n) is 7.75. The zero-order valence-electron chi connectivity index (χ0n) is 14.1. The van der Waals surface area contributed by atoms with Gasteiger partial charge in [-0.1, -0.05) is 11.3 Å². The van der Waals surface area contributed by atoms with Gasteiger partial charge in [-0.15, -0.1) is 0 Å². The van der Waals surface area contributed by atoms with E-state index in [9.17, 15) is 25.0 Å². The van der Waals surface area contributed by atoms with Crippen LogP contribution in [0.5, 0.6) is 11.5 Å². The Morgan fingerprint density at radius 3 is 2.29 bits per heavy atom. The molecule has 142 valence electrons. The number of carbonyl (C=O) groups is 1. The van der Waals surface area contributed by atoms with Gasteiger partial charge in [0.1, 0.15) is 0 Å². The van der Waals surface area contributed by atoms with Gasteiger partial charge in [-0.25, -0.2) is 0 Å². The van der Waals surface area contributed by atoms with Crippen molar-refractivity contribution in [3.63, 3.8) is 0 Å². The van der Waals surface area contributed by atoms with Gasteiger partial charge in [0.15, 0.2) is 16.3 Å². The summed E-state index contributed by atoms with van der Waals surface area (Å²) < 4.78 is 13.1. The van der Waals surface area contributed by atoms with E-state index in [1.807, 2.05) is 0 Å². The van der Waals surface area contributed by atoms with E-state index in [0.29, 0.717) is 16.3 Å². The monoisotopic (exact) mass is 402 g/mol. The predicted octanol–water partition coefficient (Wildman–Crippen LogP) is 2.53. The maximum atomic E-state index is 12.5. The molecule has 2 aromatic carbocycles. The Morgan fingerprint density at radius 2 is 1.68 bits per heavy atom. The molecule has 0 fully saturated rings. The van der Waals surface area contributed by atoms with Crippen LogP contribution in [0.4, 0.5) is 11.4 Å². The molecule has 0 unspecified atom stereocenters. The Kier molecular flexibility index (Phi) is 4.04. The number of thiazole rings is 1. The van der Waals surface area contributed by atoms with E-state index in [2.05, 4.69) is 4.99 Å². The Balaban J connectivity index is 1.81. The van der Waals surface area contributed by atoms with Gasteiger partial charge in [-0.05, 0) is 0 Å². The van der Waals surface area contributed by atoms with Gasteiger partial charge in [0.25, 0.3) is 17.3 Å². The van der Waals surface area contributed by atoms with Crippen molar-refractivity contribution < 1.29 is 24.1 Å². The SMILES string of the molecule is Cn1c(=NC(=O)c2cc([N+](=O)[O-])cc([N+](=O)[O-])c2)sc2cc3c(cc21)OCO3. The third-order valence-electron chi connectivity index (χ3n) is 4.07. The highest BCUT2D eigenvalue weighted by Crippen LogP contribution is 2.36. The summed E-state index contributed by atoms with van der Waals surface area (Å²) in [6.45, 7) is 0.137. The second-order valence-electron chi connectivity index (χ2n) is 5.79. The van der Waals surface area contributed by atoms with E-state index in [1.165, 1.54) is 11.3 Å².